The highest BCUT2D eigenvalue weighted by molar-refractivity contribution is 14.0. The van der Waals surface area contributed by atoms with Crippen LogP contribution >= 0.6 is 24.0 Å². The molecule has 1 heterocycles. The number of rotatable bonds is 9. The second-order valence-corrected chi connectivity index (χ2v) is 6.24. The zero-order valence-electron chi connectivity index (χ0n) is 15.3. The topological polar surface area (TPSA) is 54.9 Å². The first-order valence-electron chi connectivity index (χ1n) is 8.83. The van der Waals surface area contributed by atoms with E-state index in [0.717, 1.165) is 38.6 Å². The van der Waals surface area contributed by atoms with Crippen molar-refractivity contribution in [2.75, 3.05) is 33.4 Å². The summed E-state index contributed by atoms with van der Waals surface area (Å²) in [6, 6.07) is 0.442. The van der Waals surface area contributed by atoms with E-state index in [1.54, 1.807) is 7.11 Å². The molecule has 5 nitrogen and oxygen atoms in total. The number of aliphatic imine (C=N–C) groups is 1. The van der Waals surface area contributed by atoms with Crippen LogP contribution in [0.4, 0.5) is 0 Å². The lowest BCUT2D eigenvalue weighted by Crippen LogP contribution is -2.45. The van der Waals surface area contributed by atoms with Crippen molar-refractivity contribution in [2.24, 2.45) is 4.99 Å². The van der Waals surface area contributed by atoms with Gasteiger partial charge in [0.25, 0.3) is 0 Å². The molecule has 0 aromatic heterocycles. The molecule has 0 aromatic rings. The van der Waals surface area contributed by atoms with Crippen LogP contribution < -0.4 is 10.6 Å². The van der Waals surface area contributed by atoms with Crippen molar-refractivity contribution >= 4 is 29.9 Å². The molecule has 0 aliphatic carbocycles. The van der Waals surface area contributed by atoms with Crippen molar-refractivity contribution in [1.82, 2.24) is 10.6 Å². The van der Waals surface area contributed by atoms with E-state index in [9.17, 15) is 0 Å². The number of nitrogens with zero attached hydrogens (tertiary/aromatic N) is 1. The number of nitrogens with one attached hydrogen (secondary N) is 2. The van der Waals surface area contributed by atoms with Gasteiger partial charge in [-0.2, -0.15) is 0 Å². The van der Waals surface area contributed by atoms with Crippen LogP contribution in [0.15, 0.2) is 4.99 Å². The Hall–Kier alpha value is -0.0800. The molecule has 6 heteroatoms. The summed E-state index contributed by atoms with van der Waals surface area (Å²) in [6.07, 6.45) is 6.84. The van der Waals surface area contributed by atoms with E-state index in [1.165, 1.54) is 25.7 Å². The Labute approximate surface area is 159 Å². The second kappa shape index (κ2) is 13.2. The van der Waals surface area contributed by atoms with Crippen molar-refractivity contribution in [3.63, 3.8) is 0 Å². The zero-order valence-corrected chi connectivity index (χ0v) is 17.7. The fourth-order valence-electron chi connectivity index (χ4n) is 2.72. The quantitative estimate of drug-likeness (QED) is 0.250. The zero-order chi connectivity index (χ0) is 16.3. The summed E-state index contributed by atoms with van der Waals surface area (Å²) in [6.45, 7) is 9.65. The molecule has 0 radical (unpaired) electrons. The number of unbranched alkanes of at least 4 members (excludes halogenated alkanes) is 2. The molecule has 1 rings (SSSR count). The summed E-state index contributed by atoms with van der Waals surface area (Å²) in [5, 5.41) is 6.85. The van der Waals surface area contributed by atoms with E-state index < -0.39 is 0 Å². The Bertz CT molecular complexity index is 321. The van der Waals surface area contributed by atoms with Crippen molar-refractivity contribution in [3.05, 3.63) is 0 Å². The highest BCUT2D eigenvalue weighted by Gasteiger charge is 2.32. The first kappa shape index (κ1) is 22.9. The summed E-state index contributed by atoms with van der Waals surface area (Å²) in [4.78, 5) is 4.76. The number of ether oxygens (including phenoxy) is 2. The van der Waals surface area contributed by atoms with Crippen molar-refractivity contribution in [1.29, 1.82) is 0 Å². The fraction of sp³-hybridized carbons (Fsp3) is 0.941. The van der Waals surface area contributed by atoms with Crippen molar-refractivity contribution < 1.29 is 9.47 Å². The van der Waals surface area contributed by atoms with E-state index in [1.807, 2.05) is 0 Å². The lowest BCUT2D eigenvalue weighted by molar-refractivity contribution is -0.0828. The number of hydrogen-bond acceptors (Lipinski definition) is 3. The Morgan fingerprint density at radius 3 is 2.52 bits per heavy atom. The standard InChI is InChI=1S/C17H35N3O2.HI/c1-5-7-8-9-15(3)20-16(18-6-2)19-14-17(21-4)10-12-22-13-11-17;/h15H,5-14H2,1-4H3,(H2,18,19,20);1H. The summed E-state index contributed by atoms with van der Waals surface area (Å²) in [5.74, 6) is 0.898. The van der Waals surface area contributed by atoms with Gasteiger partial charge in [0.1, 0.15) is 0 Å². The van der Waals surface area contributed by atoms with Gasteiger partial charge >= 0.3 is 0 Å². The van der Waals surface area contributed by atoms with Gasteiger partial charge in [-0.25, -0.2) is 0 Å². The van der Waals surface area contributed by atoms with Gasteiger partial charge in [-0.1, -0.05) is 26.2 Å². The van der Waals surface area contributed by atoms with Crippen LogP contribution in [0.2, 0.25) is 0 Å². The highest BCUT2D eigenvalue weighted by Crippen LogP contribution is 2.24. The third-order valence-corrected chi connectivity index (χ3v) is 4.33. The van der Waals surface area contributed by atoms with E-state index >= 15 is 0 Å². The number of methoxy groups -OCH3 is 1. The molecule has 1 aliphatic heterocycles. The second-order valence-electron chi connectivity index (χ2n) is 6.24. The van der Waals surface area contributed by atoms with E-state index in [2.05, 4.69) is 31.4 Å². The van der Waals surface area contributed by atoms with Gasteiger partial charge < -0.3 is 20.1 Å². The van der Waals surface area contributed by atoms with Gasteiger partial charge in [-0.15, -0.1) is 24.0 Å². The molecular formula is C17H36IN3O2. The largest absolute Gasteiger partial charge is 0.381 e. The minimum Gasteiger partial charge on any atom is -0.381 e. The van der Waals surface area contributed by atoms with Crippen LogP contribution in [-0.4, -0.2) is 51.0 Å². The Morgan fingerprint density at radius 2 is 1.96 bits per heavy atom. The molecule has 0 aromatic carbocycles. The molecule has 2 N–H and O–H groups in total. The summed E-state index contributed by atoms with van der Waals surface area (Å²) < 4.78 is 11.2. The fourth-order valence-corrected chi connectivity index (χ4v) is 2.72. The minimum absolute atomic E-state index is 0. The Morgan fingerprint density at radius 1 is 1.26 bits per heavy atom. The van der Waals surface area contributed by atoms with E-state index in [0.29, 0.717) is 12.6 Å². The number of guanidine groups is 1. The molecule has 1 unspecified atom stereocenters. The van der Waals surface area contributed by atoms with E-state index in [-0.39, 0.29) is 29.6 Å². The maximum absolute atomic E-state index is 5.75. The van der Waals surface area contributed by atoms with Crippen LogP contribution in [0.3, 0.4) is 0 Å². The van der Waals surface area contributed by atoms with Gasteiger partial charge in [0.2, 0.25) is 0 Å². The van der Waals surface area contributed by atoms with Crippen LogP contribution in [0.5, 0.6) is 0 Å². The SMILES string of the molecule is CCCCCC(C)NC(=NCC1(OC)CCOCC1)NCC.I. The van der Waals surface area contributed by atoms with Gasteiger partial charge in [-0.3, -0.25) is 4.99 Å². The van der Waals surface area contributed by atoms with Gasteiger partial charge in [0.05, 0.1) is 12.1 Å². The summed E-state index contributed by atoms with van der Waals surface area (Å²) in [5.41, 5.74) is -0.161. The van der Waals surface area contributed by atoms with Crippen LogP contribution in [0.1, 0.15) is 59.3 Å². The number of hydrogen-bond donors (Lipinski definition) is 2. The lowest BCUT2D eigenvalue weighted by atomic mass is 9.94. The molecule has 1 atom stereocenters. The third-order valence-electron chi connectivity index (χ3n) is 4.33. The van der Waals surface area contributed by atoms with Crippen LogP contribution in [-0.2, 0) is 9.47 Å². The highest BCUT2D eigenvalue weighted by atomic mass is 127. The maximum Gasteiger partial charge on any atom is 0.191 e. The van der Waals surface area contributed by atoms with Gasteiger partial charge in [0, 0.05) is 45.8 Å². The molecule has 0 spiro atoms. The monoisotopic (exact) mass is 441 g/mol. The summed E-state index contributed by atoms with van der Waals surface area (Å²) in [7, 11) is 1.79. The molecule has 1 fully saturated rings. The first-order chi connectivity index (χ1) is 10.7. The predicted molar refractivity (Wildman–Crippen MR) is 108 cm³/mol. The third kappa shape index (κ3) is 9.10. The average molecular weight is 441 g/mol. The van der Waals surface area contributed by atoms with Crippen molar-refractivity contribution in [2.45, 2.75) is 70.9 Å². The molecular weight excluding hydrogens is 405 g/mol. The number of halogens is 1. The van der Waals surface area contributed by atoms with Gasteiger partial charge in [-0.05, 0) is 20.3 Å². The first-order valence-corrected chi connectivity index (χ1v) is 8.83. The predicted octanol–water partition coefficient (Wildman–Crippen LogP) is 3.32. The van der Waals surface area contributed by atoms with Crippen molar-refractivity contribution in [3.8, 4) is 0 Å². The molecule has 23 heavy (non-hydrogen) atoms. The average Bonchev–Trinajstić information content (AvgIpc) is 2.54. The Kier molecular flexibility index (Phi) is 13.2. The molecule has 1 aliphatic rings. The minimum atomic E-state index is -0.161. The maximum atomic E-state index is 5.75. The van der Waals surface area contributed by atoms with Crippen LogP contribution in [0.25, 0.3) is 0 Å². The smallest absolute Gasteiger partial charge is 0.191 e. The normalized spacial score (nSPS) is 18.9. The molecule has 138 valence electrons. The molecule has 0 amide bonds. The van der Waals surface area contributed by atoms with Crippen LogP contribution in [0, 0.1) is 0 Å². The summed E-state index contributed by atoms with van der Waals surface area (Å²) >= 11 is 0. The molecule has 1 saturated heterocycles. The van der Waals surface area contributed by atoms with Gasteiger partial charge in [0.15, 0.2) is 5.96 Å². The Balaban J connectivity index is 0.00000484. The molecule has 0 bridgehead atoms. The van der Waals surface area contributed by atoms with E-state index in [4.69, 9.17) is 14.5 Å². The lowest BCUT2D eigenvalue weighted by Gasteiger charge is -2.34. The molecule has 0 saturated carbocycles.